The van der Waals surface area contributed by atoms with Gasteiger partial charge in [0.1, 0.15) is 5.82 Å². The maximum Gasteiger partial charge on any atom is 0.253 e. The number of hydrogen-bond donors (Lipinski definition) is 1. The van der Waals surface area contributed by atoms with E-state index in [-0.39, 0.29) is 17.6 Å². The Morgan fingerprint density at radius 2 is 2.08 bits per heavy atom. The van der Waals surface area contributed by atoms with Crippen molar-refractivity contribution in [2.24, 2.45) is 0 Å². The van der Waals surface area contributed by atoms with Crippen LogP contribution in [0, 0.1) is 5.82 Å². The second-order valence-corrected chi connectivity index (χ2v) is 6.99. The highest BCUT2D eigenvalue weighted by Crippen LogP contribution is 2.30. The van der Waals surface area contributed by atoms with Crippen molar-refractivity contribution in [3.8, 4) is 0 Å². The molecule has 0 radical (unpaired) electrons. The minimum absolute atomic E-state index is 0.00866. The number of rotatable bonds is 2. The fraction of sp³-hybridized carbons (Fsp3) is 0.250. The molecule has 1 amide bonds. The molecule has 0 bridgehead atoms. The molecule has 1 aromatic heterocycles. The van der Waals surface area contributed by atoms with Gasteiger partial charge in [-0.15, -0.1) is 0 Å². The van der Waals surface area contributed by atoms with Crippen molar-refractivity contribution in [2.45, 2.75) is 18.8 Å². The maximum atomic E-state index is 13.4. The average Bonchev–Trinajstić information content (AvgIpc) is 3.04. The van der Waals surface area contributed by atoms with Gasteiger partial charge in [-0.1, -0.05) is 17.7 Å². The smallest absolute Gasteiger partial charge is 0.253 e. The Bertz CT molecular complexity index is 936. The third-order valence-corrected chi connectivity index (χ3v) is 5.06. The summed E-state index contributed by atoms with van der Waals surface area (Å²) in [6.07, 6.45) is 1.95. The van der Waals surface area contributed by atoms with E-state index >= 15 is 0 Å². The topological polar surface area (TPSA) is 36.1 Å². The largest absolute Gasteiger partial charge is 0.358 e. The summed E-state index contributed by atoms with van der Waals surface area (Å²) in [5.41, 5.74) is 2.60. The van der Waals surface area contributed by atoms with Gasteiger partial charge in [0.2, 0.25) is 0 Å². The van der Waals surface area contributed by atoms with Gasteiger partial charge in [0.25, 0.3) is 5.91 Å². The molecule has 128 valence electrons. The summed E-state index contributed by atoms with van der Waals surface area (Å²) in [4.78, 5) is 18.0. The van der Waals surface area contributed by atoms with Crippen molar-refractivity contribution >= 4 is 28.4 Å². The van der Waals surface area contributed by atoms with Crippen LogP contribution in [0.5, 0.6) is 0 Å². The zero-order valence-electron chi connectivity index (χ0n) is 13.6. The van der Waals surface area contributed by atoms with Crippen molar-refractivity contribution < 1.29 is 9.18 Å². The Morgan fingerprint density at radius 1 is 1.20 bits per heavy atom. The van der Waals surface area contributed by atoms with Crippen molar-refractivity contribution in [1.29, 1.82) is 0 Å². The number of H-pyrrole nitrogens is 1. The molecule has 1 aliphatic heterocycles. The zero-order valence-corrected chi connectivity index (χ0v) is 14.4. The van der Waals surface area contributed by atoms with Gasteiger partial charge in [-0.2, -0.15) is 0 Å². The van der Waals surface area contributed by atoms with E-state index in [4.69, 9.17) is 11.6 Å². The van der Waals surface area contributed by atoms with Crippen molar-refractivity contribution in [3.63, 3.8) is 0 Å². The molecule has 0 saturated carbocycles. The molecule has 1 unspecified atom stereocenters. The Kier molecular flexibility index (Phi) is 4.22. The minimum atomic E-state index is -0.237. The number of carbonyl (C=O) groups is 1. The van der Waals surface area contributed by atoms with E-state index in [0.29, 0.717) is 17.1 Å². The summed E-state index contributed by atoms with van der Waals surface area (Å²) >= 11 is 6.00. The lowest BCUT2D eigenvalue weighted by Gasteiger charge is -2.32. The highest BCUT2D eigenvalue weighted by atomic mass is 35.5. The third kappa shape index (κ3) is 3.27. The Morgan fingerprint density at radius 3 is 2.92 bits per heavy atom. The van der Waals surface area contributed by atoms with Gasteiger partial charge >= 0.3 is 0 Å². The van der Waals surface area contributed by atoms with Crippen LogP contribution in [0.4, 0.5) is 4.39 Å². The number of nitrogens with one attached hydrogen (secondary N) is 1. The van der Waals surface area contributed by atoms with Crippen LogP contribution in [0.3, 0.4) is 0 Å². The summed E-state index contributed by atoms with van der Waals surface area (Å²) in [6.45, 7) is 1.40. The van der Waals surface area contributed by atoms with Crippen LogP contribution in [0.25, 0.3) is 10.9 Å². The van der Waals surface area contributed by atoms with Crippen molar-refractivity contribution in [1.82, 2.24) is 9.88 Å². The summed E-state index contributed by atoms with van der Waals surface area (Å²) in [5, 5.41) is 1.44. The number of halogens is 2. The first-order valence-corrected chi connectivity index (χ1v) is 8.81. The normalized spacial score (nSPS) is 17.8. The van der Waals surface area contributed by atoms with E-state index in [9.17, 15) is 9.18 Å². The second kappa shape index (κ2) is 6.52. The SMILES string of the molecule is O=C(c1cccc(Cl)c1)N1CCCC(c2cc3cc(F)ccc3[nH]2)C1. The zero-order chi connectivity index (χ0) is 17.4. The molecular weight excluding hydrogens is 339 g/mol. The molecule has 1 atom stereocenters. The summed E-state index contributed by atoms with van der Waals surface area (Å²) in [6, 6.07) is 13.8. The number of hydrogen-bond acceptors (Lipinski definition) is 1. The minimum Gasteiger partial charge on any atom is -0.358 e. The number of aromatic nitrogens is 1. The highest BCUT2D eigenvalue weighted by Gasteiger charge is 2.26. The molecule has 3 aromatic rings. The molecule has 1 saturated heterocycles. The molecule has 1 N–H and O–H groups in total. The predicted molar refractivity (Wildman–Crippen MR) is 97.6 cm³/mol. The van der Waals surface area contributed by atoms with Gasteiger partial charge in [0, 0.05) is 46.2 Å². The standard InChI is InChI=1S/C20H18ClFN2O/c21-16-5-1-3-13(9-16)20(25)24-8-2-4-14(12-24)19-11-15-10-17(22)6-7-18(15)23-19/h1,3,5-7,9-11,14,23H,2,4,8,12H2. The van der Waals surface area contributed by atoms with Crippen LogP contribution in [0.15, 0.2) is 48.5 Å². The first kappa shape index (κ1) is 16.2. The average molecular weight is 357 g/mol. The van der Waals surface area contributed by atoms with Gasteiger partial charge in [0.15, 0.2) is 0 Å². The Hall–Kier alpha value is -2.33. The number of amides is 1. The third-order valence-electron chi connectivity index (χ3n) is 4.82. The lowest BCUT2D eigenvalue weighted by atomic mass is 9.94. The highest BCUT2D eigenvalue weighted by molar-refractivity contribution is 6.30. The fourth-order valence-electron chi connectivity index (χ4n) is 3.57. The van der Waals surface area contributed by atoms with Crippen LogP contribution in [-0.4, -0.2) is 28.9 Å². The van der Waals surface area contributed by atoms with Crippen LogP contribution in [0.1, 0.15) is 34.8 Å². The number of piperidine rings is 1. The molecule has 1 aliphatic rings. The molecule has 3 nitrogen and oxygen atoms in total. The number of carbonyl (C=O) groups excluding carboxylic acids is 1. The molecule has 0 spiro atoms. The van der Waals surface area contributed by atoms with Gasteiger partial charge in [0.05, 0.1) is 0 Å². The number of aromatic amines is 1. The van der Waals surface area contributed by atoms with Crippen LogP contribution < -0.4 is 0 Å². The first-order chi connectivity index (χ1) is 12.1. The van der Waals surface area contributed by atoms with E-state index in [2.05, 4.69) is 4.98 Å². The van der Waals surface area contributed by atoms with Gasteiger partial charge in [-0.25, -0.2) is 4.39 Å². The van der Waals surface area contributed by atoms with Gasteiger partial charge in [-0.05, 0) is 55.3 Å². The van der Waals surface area contributed by atoms with E-state index in [1.54, 1.807) is 30.3 Å². The van der Waals surface area contributed by atoms with Crippen LogP contribution in [-0.2, 0) is 0 Å². The molecule has 25 heavy (non-hydrogen) atoms. The summed E-state index contributed by atoms with van der Waals surface area (Å²) in [7, 11) is 0. The lowest BCUT2D eigenvalue weighted by Crippen LogP contribution is -2.39. The first-order valence-electron chi connectivity index (χ1n) is 8.43. The molecule has 4 rings (SSSR count). The second-order valence-electron chi connectivity index (χ2n) is 6.56. The van der Waals surface area contributed by atoms with E-state index < -0.39 is 0 Å². The monoisotopic (exact) mass is 356 g/mol. The molecule has 1 fully saturated rings. The number of fused-ring (bicyclic) bond motifs is 1. The van der Waals surface area contributed by atoms with E-state index in [1.807, 2.05) is 11.0 Å². The number of likely N-dealkylation sites (tertiary alicyclic amines) is 1. The summed E-state index contributed by atoms with van der Waals surface area (Å²) in [5.74, 6) is 0.00107. The quantitative estimate of drug-likeness (QED) is 0.690. The molecule has 2 heterocycles. The van der Waals surface area contributed by atoms with Gasteiger partial charge in [-0.3, -0.25) is 4.79 Å². The Labute approximate surface area is 150 Å². The summed E-state index contributed by atoms with van der Waals surface area (Å²) < 4.78 is 13.4. The predicted octanol–water partition coefficient (Wildman–Crippen LogP) is 4.98. The lowest BCUT2D eigenvalue weighted by molar-refractivity contribution is 0.0706. The molecular formula is C20H18ClFN2O. The van der Waals surface area contributed by atoms with Gasteiger partial charge < -0.3 is 9.88 Å². The molecule has 0 aliphatic carbocycles. The number of benzene rings is 2. The van der Waals surface area contributed by atoms with Crippen LogP contribution >= 0.6 is 11.6 Å². The van der Waals surface area contributed by atoms with Crippen molar-refractivity contribution in [2.75, 3.05) is 13.1 Å². The van der Waals surface area contributed by atoms with Crippen LogP contribution in [0.2, 0.25) is 5.02 Å². The van der Waals surface area contributed by atoms with E-state index in [1.165, 1.54) is 12.1 Å². The Balaban J connectivity index is 1.56. The van der Waals surface area contributed by atoms with E-state index in [0.717, 1.165) is 36.0 Å². The molecule has 5 heteroatoms. The number of nitrogens with zero attached hydrogens (tertiary/aromatic N) is 1. The fourth-order valence-corrected chi connectivity index (χ4v) is 3.76. The maximum absolute atomic E-state index is 13.4. The molecule has 2 aromatic carbocycles. The van der Waals surface area contributed by atoms with Crippen molar-refractivity contribution in [3.05, 3.63) is 70.6 Å².